The lowest BCUT2D eigenvalue weighted by molar-refractivity contribution is -0.137. The summed E-state index contributed by atoms with van der Waals surface area (Å²) < 4.78 is 0. The van der Waals surface area contributed by atoms with E-state index in [1.165, 1.54) is 0 Å². The minimum atomic E-state index is -1.04. The van der Waals surface area contributed by atoms with Gasteiger partial charge in [-0.05, 0) is 24.5 Å². The standard InChI is InChI=1S/C18H24N2O5/c1-3-12(2)16(20-17(24)13-7-5-4-6-8-13)18(25)19-14(11-21)9-10-15(22)23/h4-8,11-12,14,16H,3,9-10H2,1-2H3,(H,19,25)(H,20,24)(H,22,23)/t12-,14-,16-/m0/s1. The lowest BCUT2D eigenvalue weighted by Crippen LogP contribution is -2.53. The van der Waals surface area contributed by atoms with Crippen LogP contribution in [0.15, 0.2) is 30.3 Å². The number of carboxylic acid groups (broad SMARTS) is 1. The highest BCUT2D eigenvalue weighted by molar-refractivity contribution is 5.97. The Morgan fingerprint density at radius 1 is 1.16 bits per heavy atom. The van der Waals surface area contributed by atoms with Gasteiger partial charge in [0.05, 0.1) is 6.04 Å². The summed E-state index contributed by atoms with van der Waals surface area (Å²) in [6, 6.07) is 6.80. The minimum absolute atomic E-state index is 0.00440. The summed E-state index contributed by atoms with van der Waals surface area (Å²) in [4.78, 5) is 46.5. The predicted molar refractivity (Wildman–Crippen MR) is 92.0 cm³/mol. The van der Waals surface area contributed by atoms with Crippen molar-refractivity contribution in [3.63, 3.8) is 0 Å². The quantitative estimate of drug-likeness (QED) is 0.553. The molecule has 136 valence electrons. The number of benzene rings is 1. The monoisotopic (exact) mass is 348 g/mol. The van der Waals surface area contributed by atoms with Crippen molar-refractivity contribution in [3.8, 4) is 0 Å². The van der Waals surface area contributed by atoms with E-state index in [1.54, 1.807) is 30.3 Å². The van der Waals surface area contributed by atoms with E-state index in [9.17, 15) is 19.2 Å². The van der Waals surface area contributed by atoms with Gasteiger partial charge in [0.25, 0.3) is 5.91 Å². The molecule has 3 atom stereocenters. The molecule has 1 aromatic carbocycles. The molecular formula is C18H24N2O5. The highest BCUT2D eigenvalue weighted by Gasteiger charge is 2.28. The summed E-state index contributed by atoms with van der Waals surface area (Å²) in [5, 5.41) is 13.9. The molecule has 0 radical (unpaired) electrons. The first-order valence-corrected chi connectivity index (χ1v) is 8.22. The van der Waals surface area contributed by atoms with Crippen molar-refractivity contribution in [1.29, 1.82) is 0 Å². The Balaban J connectivity index is 2.79. The third-order valence-electron chi connectivity index (χ3n) is 3.98. The van der Waals surface area contributed by atoms with Gasteiger partial charge in [0, 0.05) is 12.0 Å². The van der Waals surface area contributed by atoms with Crippen LogP contribution in [-0.4, -0.2) is 41.3 Å². The van der Waals surface area contributed by atoms with Gasteiger partial charge in [-0.25, -0.2) is 0 Å². The van der Waals surface area contributed by atoms with Gasteiger partial charge in [-0.3, -0.25) is 14.4 Å². The van der Waals surface area contributed by atoms with Crippen molar-refractivity contribution < 1.29 is 24.3 Å². The van der Waals surface area contributed by atoms with E-state index in [4.69, 9.17) is 5.11 Å². The van der Waals surface area contributed by atoms with Crippen LogP contribution in [-0.2, 0) is 14.4 Å². The van der Waals surface area contributed by atoms with Crippen molar-refractivity contribution in [2.75, 3.05) is 0 Å². The van der Waals surface area contributed by atoms with E-state index in [0.29, 0.717) is 18.3 Å². The van der Waals surface area contributed by atoms with Crippen LogP contribution in [0.3, 0.4) is 0 Å². The normalized spacial score (nSPS) is 14.0. The Morgan fingerprint density at radius 3 is 2.32 bits per heavy atom. The van der Waals surface area contributed by atoms with Gasteiger partial charge in [-0.15, -0.1) is 0 Å². The maximum Gasteiger partial charge on any atom is 0.303 e. The van der Waals surface area contributed by atoms with Crippen LogP contribution in [0.1, 0.15) is 43.5 Å². The summed E-state index contributed by atoms with van der Waals surface area (Å²) in [6.45, 7) is 3.71. The van der Waals surface area contributed by atoms with E-state index in [-0.39, 0.29) is 24.7 Å². The second-order valence-corrected chi connectivity index (χ2v) is 5.89. The molecule has 1 aromatic rings. The largest absolute Gasteiger partial charge is 0.481 e. The molecule has 0 saturated carbocycles. The maximum absolute atomic E-state index is 12.5. The number of hydrogen-bond acceptors (Lipinski definition) is 4. The molecule has 0 aliphatic carbocycles. The number of carboxylic acids is 1. The summed E-state index contributed by atoms with van der Waals surface area (Å²) in [6.07, 6.45) is 0.931. The third-order valence-corrected chi connectivity index (χ3v) is 3.98. The molecule has 3 N–H and O–H groups in total. The van der Waals surface area contributed by atoms with Gasteiger partial charge in [0.1, 0.15) is 12.3 Å². The number of aliphatic carboxylic acids is 1. The molecule has 0 spiro atoms. The summed E-state index contributed by atoms with van der Waals surface area (Å²) >= 11 is 0. The maximum atomic E-state index is 12.5. The number of carbonyl (C=O) groups is 4. The minimum Gasteiger partial charge on any atom is -0.481 e. The fraction of sp³-hybridized carbons (Fsp3) is 0.444. The van der Waals surface area contributed by atoms with E-state index in [0.717, 1.165) is 0 Å². The van der Waals surface area contributed by atoms with Crippen LogP contribution in [0.25, 0.3) is 0 Å². The zero-order valence-electron chi connectivity index (χ0n) is 14.4. The Kier molecular flexibility index (Phi) is 8.32. The number of rotatable bonds is 10. The number of hydrogen-bond donors (Lipinski definition) is 3. The van der Waals surface area contributed by atoms with E-state index in [2.05, 4.69) is 10.6 Å². The van der Waals surface area contributed by atoms with Crippen LogP contribution in [0.4, 0.5) is 0 Å². The van der Waals surface area contributed by atoms with Gasteiger partial charge in [-0.1, -0.05) is 38.5 Å². The average molecular weight is 348 g/mol. The smallest absolute Gasteiger partial charge is 0.303 e. The summed E-state index contributed by atoms with van der Waals surface area (Å²) in [7, 11) is 0. The van der Waals surface area contributed by atoms with Crippen molar-refractivity contribution in [3.05, 3.63) is 35.9 Å². The van der Waals surface area contributed by atoms with E-state index < -0.39 is 24.0 Å². The molecule has 0 unspecified atom stereocenters. The Labute approximate surface area is 146 Å². The Hall–Kier alpha value is -2.70. The molecule has 0 fully saturated rings. The summed E-state index contributed by atoms with van der Waals surface area (Å²) in [5.41, 5.74) is 0.432. The molecule has 0 heterocycles. The van der Waals surface area contributed by atoms with Gasteiger partial charge < -0.3 is 20.5 Å². The van der Waals surface area contributed by atoms with Crippen molar-refractivity contribution in [2.24, 2.45) is 5.92 Å². The van der Waals surface area contributed by atoms with Crippen LogP contribution >= 0.6 is 0 Å². The highest BCUT2D eigenvalue weighted by atomic mass is 16.4. The van der Waals surface area contributed by atoms with Crippen LogP contribution in [0.2, 0.25) is 0 Å². The number of nitrogens with one attached hydrogen (secondary N) is 2. The van der Waals surface area contributed by atoms with Gasteiger partial charge in [-0.2, -0.15) is 0 Å². The first kappa shape index (κ1) is 20.3. The lowest BCUT2D eigenvalue weighted by atomic mass is 9.97. The fourth-order valence-corrected chi connectivity index (χ4v) is 2.24. The van der Waals surface area contributed by atoms with E-state index >= 15 is 0 Å². The van der Waals surface area contributed by atoms with Crippen molar-refractivity contribution in [1.82, 2.24) is 10.6 Å². The summed E-state index contributed by atoms with van der Waals surface area (Å²) in [5.74, 6) is -2.08. The predicted octanol–water partition coefficient (Wildman–Crippen LogP) is 1.38. The Bertz CT molecular complexity index is 603. The molecule has 25 heavy (non-hydrogen) atoms. The van der Waals surface area contributed by atoms with E-state index in [1.807, 2.05) is 13.8 Å². The molecule has 0 bridgehead atoms. The van der Waals surface area contributed by atoms with Crippen LogP contribution in [0.5, 0.6) is 0 Å². The SMILES string of the molecule is CC[C@H](C)[C@H](NC(=O)c1ccccc1)C(=O)N[C@H](C=O)CCC(=O)O. The molecule has 0 saturated heterocycles. The number of amides is 2. The van der Waals surface area contributed by atoms with Crippen LogP contribution < -0.4 is 10.6 Å². The second kappa shape index (κ2) is 10.2. The molecule has 7 nitrogen and oxygen atoms in total. The van der Waals surface area contributed by atoms with Crippen molar-refractivity contribution >= 4 is 24.1 Å². The Morgan fingerprint density at radius 2 is 1.80 bits per heavy atom. The van der Waals surface area contributed by atoms with Crippen molar-refractivity contribution in [2.45, 2.75) is 45.2 Å². The first-order valence-electron chi connectivity index (χ1n) is 8.22. The second-order valence-electron chi connectivity index (χ2n) is 5.89. The molecular weight excluding hydrogens is 324 g/mol. The first-order chi connectivity index (χ1) is 11.9. The van der Waals surface area contributed by atoms with Gasteiger partial charge in [0.15, 0.2) is 0 Å². The lowest BCUT2D eigenvalue weighted by Gasteiger charge is -2.25. The fourth-order valence-electron chi connectivity index (χ4n) is 2.24. The topological polar surface area (TPSA) is 113 Å². The number of aldehydes is 1. The average Bonchev–Trinajstić information content (AvgIpc) is 2.62. The molecule has 1 rings (SSSR count). The molecule has 0 aliphatic heterocycles. The molecule has 0 aromatic heterocycles. The van der Waals surface area contributed by atoms with Gasteiger partial charge in [0.2, 0.25) is 5.91 Å². The third kappa shape index (κ3) is 6.74. The molecule has 0 aliphatic rings. The van der Waals surface area contributed by atoms with Gasteiger partial charge >= 0.3 is 5.97 Å². The highest BCUT2D eigenvalue weighted by Crippen LogP contribution is 2.10. The molecule has 7 heteroatoms. The zero-order valence-corrected chi connectivity index (χ0v) is 14.4. The van der Waals surface area contributed by atoms with Crippen LogP contribution in [0, 0.1) is 5.92 Å². The number of carbonyl (C=O) groups excluding carboxylic acids is 3. The zero-order chi connectivity index (χ0) is 18.8. The molecule has 2 amide bonds.